The van der Waals surface area contributed by atoms with Gasteiger partial charge in [-0.2, -0.15) is 5.10 Å². The summed E-state index contributed by atoms with van der Waals surface area (Å²) in [5, 5.41) is 8.57. The van der Waals surface area contributed by atoms with Gasteiger partial charge in [0, 0.05) is 5.02 Å². The van der Waals surface area contributed by atoms with E-state index in [9.17, 15) is 14.0 Å². The lowest BCUT2D eigenvalue weighted by Crippen LogP contribution is -2.13. The third kappa shape index (κ3) is 4.15. The van der Waals surface area contributed by atoms with Gasteiger partial charge < -0.3 is 14.0 Å². The predicted octanol–water partition coefficient (Wildman–Crippen LogP) is 5.60. The first-order valence-electron chi connectivity index (χ1n) is 9.91. The molecule has 0 saturated carbocycles. The van der Waals surface area contributed by atoms with Crippen LogP contribution in [0.3, 0.4) is 0 Å². The van der Waals surface area contributed by atoms with Gasteiger partial charge in [-0.25, -0.2) is 18.7 Å². The first-order chi connectivity index (χ1) is 16.4. The zero-order chi connectivity index (χ0) is 24.4. The molecule has 8 nitrogen and oxygen atoms in total. The van der Waals surface area contributed by atoms with Crippen molar-refractivity contribution in [1.82, 2.24) is 14.9 Å². The van der Waals surface area contributed by atoms with Crippen LogP contribution in [0.15, 0.2) is 53.2 Å². The number of carbonyl (C=O) groups is 2. The molecule has 0 aliphatic carbocycles. The molecule has 34 heavy (non-hydrogen) atoms. The van der Waals surface area contributed by atoms with E-state index in [0.29, 0.717) is 10.7 Å². The van der Waals surface area contributed by atoms with Gasteiger partial charge in [-0.3, -0.25) is 0 Å². The lowest BCUT2D eigenvalue weighted by Gasteiger charge is -2.09. The number of nitrogens with zero attached hydrogens (tertiary/aromatic N) is 3. The number of halogens is 3. The monoisotopic (exact) mass is 503 g/mol. The van der Waals surface area contributed by atoms with E-state index in [-0.39, 0.29) is 45.5 Å². The van der Waals surface area contributed by atoms with Crippen molar-refractivity contribution in [2.24, 2.45) is 0 Å². The minimum atomic E-state index is -0.879. The molecule has 4 aromatic rings. The Labute approximate surface area is 202 Å². The minimum Gasteiger partial charge on any atom is -0.465 e. The van der Waals surface area contributed by atoms with E-state index >= 15 is 0 Å². The number of benzene rings is 2. The normalized spacial score (nSPS) is 10.9. The van der Waals surface area contributed by atoms with Gasteiger partial charge in [-0.05, 0) is 37.3 Å². The zero-order valence-electron chi connectivity index (χ0n) is 17.8. The van der Waals surface area contributed by atoms with Crippen LogP contribution in [0.5, 0.6) is 0 Å². The van der Waals surface area contributed by atoms with Crippen molar-refractivity contribution < 1.29 is 28.0 Å². The largest absolute Gasteiger partial charge is 0.465 e. The number of aromatic nitrogens is 3. The highest BCUT2D eigenvalue weighted by Gasteiger charge is 2.33. The van der Waals surface area contributed by atoms with Crippen LogP contribution in [0.2, 0.25) is 10.0 Å². The van der Waals surface area contributed by atoms with Gasteiger partial charge in [0.2, 0.25) is 0 Å². The molecule has 0 fully saturated rings. The van der Waals surface area contributed by atoms with Crippen molar-refractivity contribution in [3.8, 4) is 28.3 Å². The van der Waals surface area contributed by atoms with Crippen LogP contribution < -0.4 is 0 Å². The molecule has 0 aliphatic heterocycles. The topological polar surface area (TPSA) is 96.5 Å². The maximum atomic E-state index is 14.6. The summed E-state index contributed by atoms with van der Waals surface area (Å²) in [6.45, 7) is 1.72. The van der Waals surface area contributed by atoms with Gasteiger partial charge in [0.1, 0.15) is 17.1 Å². The van der Waals surface area contributed by atoms with Crippen LogP contribution in [0, 0.1) is 5.82 Å². The number of methoxy groups -OCH3 is 1. The Hall–Kier alpha value is -3.69. The number of hydrogen-bond donors (Lipinski definition) is 0. The Kier molecular flexibility index (Phi) is 6.67. The second kappa shape index (κ2) is 9.66. The van der Waals surface area contributed by atoms with E-state index in [1.807, 2.05) is 0 Å². The fourth-order valence-electron chi connectivity index (χ4n) is 3.37. The number of esters is 2. The molecule has 2 heterocycles. The molecule has 0 aliphatic rings. The standard InChI is InChI=1S/C23H16Cl2FN3O5/c1-3-33-23(31)20-14(11-27-29(20)13-7-4-6-12(24)10-13)21-18(22(30)32-2)19(28-34-21)17-15(25)8-5-9-16(17)26/h4-11H,3H2,1-2H3. The van der Waals surface area contributed by atoms with Crippen LogP contribution in [0.4, 0.5) is 4.39 Å². The smallest absolute Gasteiger partial charge is 0.357 e. The molecular formula is C23H16Cl2FN3O5. The molecule has 0 N–H and O–H groups in total. The van der Waals surface area contributed by atoms with Crippen LogP contribution in [-0.2, 0) is 9.47 Å². The van der Waals surface area contributed by atoms with Crippen molar-refractivity contribution >= 4 is 35.1 Å². The van der Waals surface area contributed by atoms with Crippen molar-refractivity contribution in [1.29, 1.82) is 0 Å². The van der Waals surface area contributed by atoms with Crippen molar-refractivity contribution in [3.05, 3.63) is 75.8 Å². The molecule has 2 aromatic carbocycles. The molecule has 0 bridgehead atoms. The Morgan fingerprint density at radius 1 is 1.15 bits per heavy atom. The lowest BCUT2D eigenvalue weighted by atomic mass is 10.0. The van der Waals surface area contributed by atoms with Crippen LogP contribution in [0.25, 0.3) is 28.3 Å². The Morgan fingerprint density at radius 3 is 2.59 bits per heavy atom. The maximum absolute atomic E-state index is 14.6. The minimum absolute atomic E-state index is 0.00485. The third-order valence-corrected chi connectivity index (χ3v) is 5.37. The van der Waals surface area contributed by atoms with Gasteiger partial charge in [-0.1, -0.05) is 40.5 Å². The number of carbonyl (C=O) groups excluding carboxylic acids is 2. The van der Waals surface area contributed by atoms with Crippen LogP contribution in [0.1, 0.15) is 27.8 Å². The summed E-state index contributed by atoms with van der Waals surface area (Å²) in [6, 6.07) is 10.6. The molecule has 0 saturated heterocycles. The maximum Gasteiger partial charge on any atom is 0.357 e. The molecule has 0 amide bonds. The first kappa shape index (κ1) is 23.5. The predicted molar refractivity (Wildman–Crippen MR) is 122 cm³/mol. The Morgan fingerprint density at radius 2 is 1.91 bits per heavy atom. The lowest BCUT2D eigenvalue weighted by molar-refractivity contribution is 0.0514. The molecule has 0 atom stereocenters. The van der Waals surface area contributed by atoms with Gasteiger partial charge in [0.05, 0.1) is 41.8 Å². The summed E-state index contributed by atoms with van der Waals surface area (Å²) < 4.78 is 31.5. The van der Waals surface area contributed by atoms with Crippen LogP contribution >= 0.6 is 23.2 Å². The molecule has 0 spiro atoms. The van der Waals surface area contributed by atoms with Gasteiger partial charge in [0.25, 0.3) is 0 Å². The molecule has 2 aromatic heterocycles. The van der Waals surface area contributed by atoms with E-state index in [2.05, 4.69) is 10.3 Å². The van der Waals surface area contributed by atoms with E-state index < -0.39 is 17.8 Å². The Bertz CT molecular complexity index is 1380. The van der Waals surface area contributed by atoms with Gasteiger partial charge >= 0.3 is 11.9 Å². The van der Waals surface area contributed by atoms with E-state index in [0.717, 1.165) is 13.2 Å². The highest BCUT2D eigenvalue weighted by atomic mass is 35.5. The summed E-state index contributed by atoms with van der Waals surface area (Å²) in [5.74, 6) is -2.52. The van der Waals surface area contributed by atoms with Crippen molar-refractivity contribution in [2.45, 2.75) is 6.92 Å². The van der Waals surface area contributed by atoms with Gasteiger partial charge in [0.15, 0.2) is 11.5 Å². The SMILES string of the molecule is CCOC(=O)c1c(-c2onc(-c3c(F)cccc3Cl)c2C(=O)OC)cnn1-c1cccc(Cl)c1. The van der Waals surface area contributed by atoms with Crippen molar-refractivity contribution in [3.63, 3.8) is 0 Å². The van der Waals surface area contributed by atoms with Crippen LogP contribution in [-0.4, -0.2) is 40.6 Å². The van der Waals surface area contributed by atoms with E-state index in [4.69, 9.17) is 37.2 Å². The second-order valence-corrected chi connectivity index (χ2v) is 7.69. The first-order valence-corrected chi connectivity index (χ1v) is 10.7. The van der Waals surface area contributed by atoms with Crippen molar-refractivity contribution in [2.75, 3.05) is 13.7 Å². The van der Waals surface area contributed by atoms with E-state index in [1.54, 1.807) is 31.2 Å². The Balaban J connectivity index is 1.99. The van der Waals surface area contributed by atoms with E-state index in [1.165, 1.54) is 23.0 Å². The molecule has 4 rings (SSSR count). The number of hydrogen-bond acceptors (Lipinski definition) is 7. The summed E-state index contributed by atoms with van der Waals surface area (Å²) in [7, 11) is 1.15. The summed E-state index contributed by atoms with van der Waals surface area (Å²) in [5.41, 5.74) is -0.0969. The molecule has 0 radical (unpaired) electrons. The number of ether oxygens (including phenoxy) is 2. The summed E-state index contributed by atoms with van der Waals surface area (Å²) in [4.78, 5) is 25.7. The second-order valence-electron chi connectivity index (χ2n) is 6.84. The molecule has 0 unspecified atom stereocenters. The quantitative estimate of drug-likeness (QED) is 0.315. The highest BCUT2D eigenvalue weighted by molar-refractivity contribution is 6.33. The fraction of sp³-hybridized carbons (Fsp3) is 0.130. The molecule has 11 heteroatoms. The molecule has 174 valence electrons. The number of rotatable bonds is 6. The highest BCUT2D eigenvalue weighted by Crippen LogP contribution is 2.39. The zero-order valence-corrected chi connectivity index (χ0v) is 19.4. The average molecular weight is 504 g/mol. The molecular weight excluding hydrogens is 488 g/mol. The third-order valence-electron chi connectivity index (χ3n) is 4.82. The summed E-state index contributed by atoms with van der Waals surface area (Å²) in [6.07, 6.45) is 1.30. The average Bonchev–Trinajstić information content (AvgIpc) is 3.43. The fourth-order valence-corrected chi connectivity index (χ4v) is 3.81. The van der Waals surface area contributed by atoms with Gasteiger partial charge in [-0.15, -0.1) is 0 Å². The summed E-state index contributed by atoms with van der Waals surface area (Å²) >= 11 is 12.3.